The summed E-state index contributed by atoms with van der Waals surface area (Å²) >= 11 is 0. The van der Waals surface area contributed by atoms with Crippen molar-refractivity contribution in [1.29, 1.82) is 0 Å². The molecule has 3 aromatic rings. The molecule has 0 aliphatic heterocycles. The normalized spacial score (nSPS) is 21.2. The molecule has 2 aliphatic carbocycles. The highest BCUT2D eigenvalue weighted by Gasteiger charge is 2.25. The Hall–Kier alpha value is -3.09. The van der Waals surface area contributed by atoms with Gasteiger partial charge in [-0.25, -0.2) is 14.6 Å². The summed E-state index contributed by atoms with van der Waals surface area (Å²) in [5.74, 6) is 1.02. The first-order chi connectivity index (χ1) is 15.3. The fraction of sp³-hybridized carbons (Fsp3) is 0.458. The third-order valence-corrected chi connectivity index (χ3v) is 6.56. The van der Waals surface area contributed by atoms with Crippen LogP contribution in [0.4, 0.5) is 5.82 Å². The average molecular weight is 417 g/mol. The number of aryl methyl sites for hydroxylation is 1. The summed E-state index contributed by atoms with van der Waals surface area (Å²) in [6.45, 7) is 0. The maximum Gasteiger partial charge on any atom is 0.267 e. The van der Waals surface area contributed by atoms with Gasteiger partial charge in [-0.2, -0.15) is 5.10 Å². The second kappa shape index (κ2) is 8.96. The summed E-state index contributed by atoms with van der Waals surface area (Å²) in [4.78, 5) is 25.7. The van der Waals surface area contributed by atoms with Crippen LogP contribution in [0.3, 0.4) is 0 Å². The van der Waals surface area contributed by atoms with Crippen molar-refractivity contribution in [2.75, 3.05) is 5.32 Å². The number of nitrogens with zero attached hydrogens (tertiary/aromatic N) is 5. The van der Waals surface area contributed by atoms with Gasteiger partial charge in [-0.15, -0.1) is 0 Å². The monoisotopic (exact) mass is 416 g/mol. The Kier molecular flexibility index (Phi) is 5.74. The standard InChI is InChI=1S/C24H28N6O/c31-23-11-10-21(17-12-14-25-15-13-17)29-30(23)19-8-6-18(7-9-19)28-24-20-4-2-1-3-5-22(20)26-16-27-24/h10-16,18-19H,1-9H2,(H,26,27,28). The van der Waals surface area contributed by atoms with Crippen molar-refractivity contribution in [1.82, 2.24) is 24.7 Å². The van der Waals surface area contributed by atoms with Crippen molar-refractivity contribution in [3.8, 4) is 11.3 Å². The topological polar surface area (TPSA) is 85.6 Å². The summed E-state index contributed by atoms with van der Waals surface area (Å²) < 4.78 is 1.68. The molecule has 7 nitrogen and oxygen atoms in total. The number of nitrogens with one attached hydrogen (secondary N) is 1. The number of hydrogen-bond acceptors (Lipinski definition) is 6. The molecule has 31 heavy (non-hydrogen) atoms. The van der Waals surface area contributed by atoms with Gasteiger partial charge in [0, 0.05) is 41.3 Å². The SMILES string of the molecule is O=c1ccc(-c2ccncc2)nn1C1CCC(Nc2ncnc3c2CCCCC3)CC1. The van der Waals surface area contributed by atoms with Crippen molar-refractivity contribution in [3.05, 3.63) is 64.6 Å². The zero-order valence-electron chi connectivity index (χ0n) is 17.7. The lowest BCUT2D eigenvalue weighted by atomic mass is 9.91. The van der Waals surface area contributed by atoms with E-state index in [2.05, 4.69) is 25.4 Å². The maximum atomic E-state index is 12.5. The van der Waals surface area contributed by atoms with Gasteiger partial charge >= 0.3 is 0 Å². The molecule has 1 N–H and O–H groups in total. The lowest BCUT2D eigenvalue weighted by molar-refractivity contribution is 0.304. The fourth-order valence-electron chi connectivity index (χ4n) is 4.84. The largest absolute Gasteiger partial charge is 0.367 e. The van der Waals surface area contributed by atoms with Gasteiger partial charge in [0.2, 0.25) is 0 Å². The van der Waals surface area contributed by atoms with Gasteiger partial charge in [0.1, 0.15) is 12.1 Å². The zero-order chi connectivity index (χ0) is 21.0. The van der Waals surface area contributed by atoms with Crippen LogP contribution in [-0.2, 0) is 12.8 Å². The van der Waals surface area contributed by atoms with Crippen LogP contribution in [0.1, 0.15) is 62.2 Å². The van der Waals surface area contributed by atoms with Crippen LogP contribution in [0, 0.1) is 0 Å². The minimum atomic E-state index is -0.0321. The van der Waals surface area contributed by atoms with E-state index in [0.717, 1.165) is 55.6 Å². The molecule has 0 saturated heterocycles. The predicted octanol–water partition coefficient (Wildman–Crippen LogP) is 3.96. The zero-order valence-corrected chi connectivity index (χ0v) is 17.7. The Morgan fingerprint density at radius 1 is 0.903 bits per heavy atom. The fourth-order valence-corrected chi connectivity index (χ4v) is 4.84. The molecule has 2 aliphatic rings. The lowest BCUT2D eigenvalue weighted by Gasteiger charge is -2.30. The molecule has 0 radical (unpaired) electrons. The van der Waals surface area contributed by atoms with Gasteiger partial charge in [0.15, 0.2) is 0 Å². The molecular formula is C24H28N6O. The Bertz CT molecular complexity index is 1090. The minimum absolute atomic E-state index is 0.0321. The van der Waals surface area contributed by atoms with E-state index in [-0.39, 0.29) is 11.6 Å². The summed E-state index contributed by atoms with van der Waals surface area (Å²) in [6.07, 6.45) is 14.9. The van der Waals surface area contributed by atoms with Crippen LogP contribution in [-0.4, -0.2) is 30.8 Å². The first-order valence-corrected chi connectivity index (χ1v) is 11.4. The maximum absolute atomic E-state index is 12.5. The Morgan fingerprint density at radius 3 is 2.55 bits per heavy atom. The van der Waals surface area contributed by atoms with Crippen LogP contribution in [0.25, 0.3) is 11.3 Å². The summed E-state index contributed by atoms with van der Waals surface area (Å²) in [7, 11) is 0. The van der Waals surface area contributed by atoms with Crippen molar-refractivity contribution in [2.45, 2.75) is 69.9 Å². The van der Waals surface area contributed by atoms with Gasteiger partial charge in [-0.1, -0.05) is 6.42 Å². The third kappa shape index (κ3) is 4.36. The molecule has 0 aromatic carbocycles. The molecule has 3 heterocycles. The van der Waals surface area contributed by atoms with Crippen molar-refractivity contribution in [2.24, 2.45) is 0 Å². The molecule has 3 aromatic heterocycles. The van der Waals surface area contributed by atoms with Gasteiger partial charge in [-0.3, -0.25) is 9.78 Å². The van der Waals surface area contributed by atoms with E-state index in [9.17, 15) is 4.79 Å². The first kappa shape index (κ1) is 19.8. The molecule has 1 saturated carbocycles. The van der Waals surface area contributed by atoms with E-state index >= 15 is 0 Å². The van der Waals surface area contributed by atoms with E-state index in [4.69, 9.17) is 0 Å². The lowest BCUT2D eigenvalue weighted by Crippen LogP contribution is -2.33. The molecular weight excluding hydrogens is 388 g/mol. The van der Waals surface area contributed by atoms with E-state index in [1.165, 1.54) is 30.5 Å². The molecule has 160 valence electrons. The number of aromatic nitrogens is 5. The van der Waals surface area contributed by atoms with Gasteiger partial charge in [0.05, 0.1) is 11.7 Å². The van der Waals surface area contributed by atoms with E-state index < -0.39 is 0 Å². The number of anilines is 1. The molecule has 0 atom stereocenters. The highest BCUT2D eigenvalue weighted by atomic mass is 16.1. The number of hydrogen-bond donors (Lipinski definition) is 1. The number of rotatable bonds is 4. The highest BCUT2D eigenvalue weighted by Crippen LogP contribution is 2.31. The molecule has 0 amide bonds. The first-order valence-electron chi connectivity index (χ1n) is 11.4. The summed E-state index contributed by atoms with van der Waals surface area (Å²) in [5.41, 5.74) is 4.28. The van der Waals surface area contributed by atoms with E-state index in [1.807, 2.05) is 12.1 Å². The van der Waals surface area contributed by atoms with Gasteiger partial charge in [-0.05, 0) is 69.6 Å². The second-order valence-corrected chi connectivity index (χ2v) is 8.60. The molecule has 0 spiro atoms. The second-order valence-electron chi connectivity index (χ2n) is 8.60. The average Bonchev–Trinajstić information content (AvgIpc) is 3.07. The van der Waals surface area contributed by atoms with Crippen molar-refractivity contribution in [3.63, 3.8) is 0 Å². The third-order valence-electron chi connectivity index (χ3n) is 6.56. The Labute approximate surface area is 182 Å². The van der Waals surface area contributed by atoms with Crippen LogP contribution in [0.5, 0.6) is 0 Å². The predicted molar refractivity (Wildman–Crippen MR) is 120 cm³/mol. The van der Waals surface area contributed by atoms with Crippen molar-refractivity contribution >= 4 is 5.82 Å². The molecule has 0 unspecified atom stereocenters. The van der Waals surface area contributed by atoms with Crippen LogP contribution in [0.15, 0.2) is 47.8 Å². The summed E-state index contributed by atoms with van der Waals surface area (Å²) in [5, 5.41) is 8.37. The quantitative estimate of drug-likeness (QED) is 0.648. The molecule has 5 rings (SSSR count). The Morgan fingerprint density at radius 2 is 1.71 bits per heavy atom. The Balaban J connectivity index is 1.28. The van der Waals surface area contributed by atoms with Crippen LogP contribution in [0.2, 0.25) is 0 Å². The number of pyridine rings is 1. The van der Waals surface area contributed by atoms with Gasteiger partial charge in [0.25, 0.3) is 5.56 Å². The van der Waals surface area contributed by atoms with E-state index in [0.29, 0.717) is 6.04 Å². The van der Waals surface area contributed by atoms with Crippen molar-refractivity contribution < 1.29 is 0 Å². The van der Waals surface area contributed by atoms with Gasteiger partial charge < -0.3 is 5.32 Å². The van der Waals surface area contributed by atoms with E-state index in [1.54, 1.807) is 35.5 Å². The van der Waals surface area contributed by atoms with Crippen LogP contribution >= 0.6 is 0 Å². The molecule has 7 heteroatoms. The molecule has 1 fully saturated rings. The highest BCUT2D eigenvalue weighted by molar-refractivity contribution is 5.57. The van der Waals surface area contributed by atoms with Crippen LogP contribution < -0.4 is 10.9 Å². The minimum Gasteiger partial charge on any atom is -0.367 e. The number of fused-ring (bicyclic) bond motifs is 1. The molecule has 0 bridgehead atoms. The summed E-state index contributed by atoms with van der Waals surface area (Å²) in [6, 6.07) is 7.77. The smallest absolute Gasteiger partial charge is 0.267 e.